The number of amides is 2. The van der Waals surface area contributed by atoms with E-state index in [-0.39, 0.29) is 6.03 Å². The molecule has 4 rings (SSSR count). The van der Waals surface area contributed by atoms with Crippen LogP contribution in [0.2, 0.25) is 0 Å². The van der Waals surface area contributed by atoms with Crippen molar-refractivity contribution in [2.45, 2.75) is 64.6 Å². The van der Waals surface area contributed by atoms with Gasteiger partial charge in [0.1, 0.15) is 5.75 Å². The van der Waals surface area contributed by atoms with Gasteiger partial charge in [0.15, 0.2) is 0 Å². The molecule has 1 atom stereocenters. The van der Waals surface area contributed by atoms with Crippen molar-refractivity contribution in [1.29, 1.82) is 0 Å². The van der Waals surface area contributed by atoms with E-state index in [1.54, 1.807) is 0 Å². The highest BCUT2D eigenvalue weighted by Gasteiger charge is 2.27. The van der Waals surface area contributed by atoms with E-state index in [1.165, 1.54) is 0 Å². The van der Waals surface area contributed by atoms with E-state index in [4.69, 9.17) is 18.9 Å². The van der Waals surface area contributed by atoms with Crippen LogP contribution in [-0.4, -0.2) is 49.8 Å². The SMILES string of the molecule is CC1(C)OCc2cc([C@H](O)CNCCCCCCOCCOCc3cccc(NC(=O)Nc4ccccc4)c3)ccc2O1. The zero-order valence-electron chi connectivity index (χ0n) is 25.3. The Morgan fingerprint density at radius 1 is 0.884 bits per heavy atom. The lowest BCUT2D eigenvalue weighted by atomic mass is 10.0. The third-order valence-electron chi connectivity index (χ3n) is 6.99. The van der Waals surface area contributed by atoms with E-state index in [9.17, 15) is 9.90 Å². The molecule has 0 spiro atoms. The first-order valence-corrected chi connectivity index (χ1v) is 15.1. The summed E-state index contributed by atoms with van der Waals surface area (Å²) in [5, 5.41) is 19.6. The van der Waals surface area contributed by atoms with Gasteiger partial charge in [0.25, 0.3) is 0 Å². The van der Waals surface area contributed by atoms with Crippen LogP contribution in [0.5, 0.6) is 5.75 Å². The summed E-state index contributed by atoms with van der Waals surface area (Å²) in [6, 6.07) is 22.4. The molecule has 0 aliphatic carbocycles. The number of aliphatic hydroxyl groups excluding tert-OH is 1. The Kier molecular flexibility index (Phi) is 12.8. The third kappa shape index (κ3) is 11.6. The number of rotatable bonds is 17. The summed E-state index contributed by atoms with van der Waals surface area (Å²) in [5.74, 6) is 0.201. The lowest BCUT2D eigenvalue weighted by Gasteiger charge is -2.33. The van der Waals surface area contributed by atoms with Crippen molar-refractivity contribution in [3.05, 3.63) is 89.5 Å². The first-order valence-electron chi connectivity index (χ1n) is 15.1. The molecule has 3 aromatic rings. The number of hydrogen-bond acceptors (Lipinski definition) is 7. The highest BCUT2D eigenvalue weighted by Crippen LogP contribution is 2.32. The molecule has 0 fully saturated rings. The normalized spacial score (nSPS) is 14.4. The highest BCUT2D eigenvalue weighted by molar-refractivity contribution is 5.99. The molecule has 0 saturated heterocycles. The minimum absolute atomic E-state index is 0.287. The molecule has 2 amide bonds. The number of carbonyl (C=O) groups is 1. The molecule has 1 aliphatic rings. The number of fused-ring (bicyclic) bond motifs is 1. The predicted molar refractivity (Wildman–Crippen MR) is 168 cm³/mol. The van der Waals surface area contributed by atoms with Gasteiger partial charge in [-0.15, -0.1) is 0 Å². The van der Waals surface area contributed by atoms with Crippen molar-refractivity contribution in [3.63, 3.8) is 0 Å². The summed E-state index contributed by atoms with van der Waals surface area (Å²) in [4.78, 5) is 12.2. The van der Waals surface area contributed by atoms with Crippen LogP contribution in [-0.2, 0) is 27.4 Å². The van der Waals surface area contributed by atoms with E-state index in [0.717, 1.165) is 60.4 Å². The van der Waals surface area contributed by atoms with Crippen molar-refractivity contribution in [2.75, 3.05) is 43.5 Å². The van der Waals surface area contributed by atoms with Crippen molar-refractivity contribution in [1.82, 2.24) is 5.32 Å². The summed E-state index contributed by atoms with van der Waals surface area (Å²) < 4.78 is 23.0. The molecule has 9 nitrogen and oxygen atoms in total. The second-order valence-electron chi connectivity index (χ2n) is 11.1. The van der Waals surface area contributed by atoms with Crippen LogP contribution < -0.4 is 20.7 Å². The maximum Gasteiger partial charge on any atom is 0.323 e. The average molecular weight is 592 g/mol. The van der Waals surface area contributed by atoms with Crippen LogP contribution in [0, 0.1) is 0 Å². The van der Waals surface area contributed by atoms with E-state index < -0.39 is 11.9 Å². The first-order chi connectivity index (χ1) is 20.9. The number of aliphatic hydroxyl groups is 1. The Labute approximate surface area is 254 Å². The summed E-state index contributed by atoms with van der Waals surface area (Å²) >= 11 is 0. The molecule has 43 heavy (non-hydrogen) atoms. The van der Waals surface area contributed by atoms with Gasteiger partial charge in [0.05, 0.1) is 32.5 Å². The van der Waals surface area contributed by atoms with Gasteiger partial charge in [0, 0.05) is 43.9 Å². The van der Waals surface area contributed by atoms with Gasteiger partial charge in [-0.2, -0.15) is 0 Å². The van der Waals surface area contributed by atoms with Gasteiger partial charge in [-0.1, -0.05) is 49.2 Å². The topological polar surface area (TPSA) is 110 Å². The van der Waals surface area contributed by atoms with Crippen molar-refractivity contribution < 1.29 is 28.8 Å². The third-order valence-corrected chi connectivity index (χ3v) is 6.99. The Bertz CT molecular complexity index is 1270. The van der Waals surface area contributed by atoms with Crippen molar-refractivity contribution in [2.24, 2.45) is 0 Å². The maximum absolute atomic E-state index is 12.2. The van der Waals surface area contributed by atoms with Gasteiger partial charge in [0.2, 0.25) is 5.79 Å². The van der Waals surface area contributed by atoms with Crippen molar-refractivity contribution >= 4 is 17.4 Å². The number of urea groups is 1. The Balaban J connectivity index is 0.970. The van der Waals surface area contributed by atoms with E-state index in [2.05, 4.69) is 16.0 Å². The average Bonchev–Trinajstić information content (AvgIpc) is 2.99. The van der Waals surface area contributed by atoms with Gasteiger partial charge in [-0.25, -0.2) is 4.79 Å². The Hall–Kier alpha value is -3.47. The Morgan fingerprint density at radius 3 is 2.51 bits per heavy atom. The molecule has 9 heteroatoms. The fraction of sp³-hybridized carbons (Fsp3) is 0.441. The highest BCUT2D eigenvalue weighted by atomic mass is 16.7. The fourth-order valence-electron chi connectivity index (χ4n) is 4.69. The van der Waals surface area contributed by atoms with Gasteiger partial charge < -0.3 is 40.0 Å². The number of para-hydroxylation sites is 1. The van der Waals surface area contributed by atoms with Crippen molar-refractivity contribution in [3.8, 4) is 5.75 Å². The minimum Gasteiger partial charge on any atom is -0.463 e. The molecule has 3 aromatic carbocycles. The zero-order chi connectivity index (χ0) is 30.3. The van der Waals surface area contributed by atoms with Crippen LogP contribution in [0.15, 0.2) is 72.8 Å². The summed E-state index contributed by atoms with van der Waals surface area (Å²) in [5.41, 5.74) is 4.27. The molecule has 0 bridgehead atoms. The van der Waals surface area contributed by atoms with Gasteiger partial charge in [-0.3, -0.25) is 0 Å². The molecular weight excluding hydrogens is 546 g/mol. The smallest absolute Gasteiger partial charge is 0.323 e. The quantitative estimate of drug-likeness (QED) is 0.135. The van der Waals surface area contributed by atoms with E-state index in [1.807, 2.05) is 86.6 Å². The van der Waals surface area contributed by atoms with Gasteiger partial charge >= 0.3 is 6.03 Å². The number of nitrogens with one attached hydrogen (secondary N) is 3. The maximum atomic E-state index is 12.2. The van der Waals surface area contributed by atoms with E-state index >= 15 is 0 Å². The van der Waals surface area contributed by atoms with Crippen LogP contribution in [0.3, 0.4) is 0 Å². The lowest BCUT2D eigenvalue weighted by Crippen LogP contribution is -2.35. The fourth-order valence-corrected chi connectivity index (χ4v) is 4.69. The second kappa shape index (κ2) is 17.0. The largest absolute Gasteiger partial charge is 0.463 e. The molecule has 0 saturated carbocycles. The summed E-state index contributed by atoms with van der Waals surface area (Å²) in [6.45, 7) is 7.89. The lowest BCUT2D eigenvalue weighted by molar-refractivity contribution is -0.180. The Morgan fingerprint density at radius 2 is 1.65 bits per heavy atom. The molecule has 1 heterocycles. The standard InChI is InChI=1S/C34H45N3O6/c1-34(2)42-25-28-22-27(15-16-32(28)43-34)31(38)23-35-17-8-3-4-9-18-40-19-20-41-24-26-11-10-14-30(21-26)37-33(39)36-29-12-6-5-7-13-29/h5-7,10-16,21-22,31,35,38H,3-4,8-9,17-20,23-25H2,1-2H3,(H2,36,37,39)/t31-/m1/s1. The molecule has 4 N–H and O–H groups in total. The minimum atomic E-state index is -0.617. The molecule has 1 aliphatic heterocycles. The number of ether oxygens (including phenoxy) is 4. The zero-order valence-corrected chi connectivity index (χ0v) is 25.3. The molecular formula is C34H45N3O6. The number of anilines is 2. The number of carbonyl (C=O) groups excluding carboxylic acids is 1. The van der Waals surface area contributed by atoms with Crippen LogP contribution in [0.25, 0.3) is 0 Å². The number of unbranched alkanes of at least 4 members (excludes halogenated alkanes) is 3. The summed E-state index contributed by atoms with van der Waals surface area (Å²) in [7, 11) is 0. The van der Waals surface area contributed by atoms with E-state index in [0.29, 0.717) is 45.3 Å². The predicted octanol–water partition coefficient (Wildman–Crippen LogP) is 6.39. The molecule has 0 unspecified atom stereocenters. The monoisotopic (exact) mass is 591 g/mol. The number of hydrogen-bond donors (Lipinski definition) is 4. The van der Waals surface area contributed by atoms with Crippen LogP contribution in [0.4, 0.5) is 16.2 Å². The van der Waals surface area contributed by atoms with Gasteiger partial charge in [-0.05, 0) is 66.9 Å². The first kappa shape index (κ1) is 32.4. The second-order valence-corrected chi connectivity index (χ2v) is 11.1. The molecule has 0 radical (unpaired) electrons. The van der Waals surface area contributed by atoms with Crippen LogP contribution >= 0.6 is 0 Å². The molecule has 232 valence electrons. The molecule has 0 aromatic heterocycles. The number of benzene rings is 3. The van der Waals surface area contributed by atoms with Crippen LogP contribution in [0.1, 0.15) is 62.3 Å². The summed E-state index contributed by atoms with van der Waals surface area (Å²) in [6.07, 6.45) is 3.71.